The van der Waals surface area contributed by atoms with Crippen molar-refractivity contribution < 1.29 is 9.84 Å². The SMILES string of the molecule is CC(O)(CNC(C)(C)C)CC1CCC(C)(C)O1. The van der Waals surface area contributed by atoms with Crippen LogP contribution in [0.2, 0.25) is 0 Å². The van der Waals surface area contributed by atoms with Gasteiger partial charge >= 0.3 is 0 Å². The lowest BCUT2D eigenvalue weighted by molar-refractivity contribution is -0.0588. The molecule has 0 aromatic heterocycles. The number of aliphatic hydroxyl groups is 1. The van der Waals surface area contributed by atoms with E-state index in [1.165, 1.54) is 0 Å². The van der Waals surface area contributed by atoms with Gasteiger partial charge in [0.15, 0.2) is 0 Å². The third-order valence-electron chi connectivity index (χ3n) is 3.22. The molecule has 1 aliphatic heterocycles. The Morgan fingerprint density at radius 1 is 1.29 bits per heavy atom. The highest BCUT2D eigenvalue weighted by atomic mass is 16.5. The second kappa shape index (κ2) is 4.87. The van der Waals surface area contributed by atoms with E-state index in [-0.39, 0.29) is 17.2 Å². The fraction of sp³-hybridized carbons (Fsp3) is 1.00. The first kappa shape index (κ1) is 14.9. The molecule has 1 heterocycles. The molecule has 2 atom stereocenters. The van der Waals surface area contributed by atoms with Gasteiger partial charge in [-0.25, -0.2) is 0 Å². The molecule has 1 rings (SSSR count). The van der Waals surface area contributed by atoms with Gasteiger partial charge in [0.05, 0.1) is 17.3 Å². The van der Waals surface area contributed by atoms with Crippen LogP contribution in [0.4, 0.5) is 0 Å². The fourth-order valence-corrected chi connectivity index (χ4v) is 2.24. The van der Waals surface area contributed by atoms with Gasteiger partial charge in [0.25, 0.3) is 0 Å². The molecule has 0 aromatic carbocycles. The molecule has 17 heavy (non-hydrogen) atoms. The summed E-state index contributed by atoms with van der Waals surface area (Å²) >= 11 is 0. The van der Waals surface area contributed by atoms with Crippen LogP contribution in [0.1, 0.15) is 60.8 Å². The first-order chi connectivity index (χ1) is 7.49. The molecular weight excluding hydrogens is 214 g/mol. The van der Waals surface area contributed by atoms with Gasteiger partial charge in [-0.2, -0.15) is 0 Å². The van der Waals surface area contributed by atoms with Crippen LogP contribution in [0.25, 0.3) is 0 Å². The standard InChI is InChI=1S/C14H29NO2/c1-12(2,3)15-10-14(6,16)9-11-7-8-13(4,5)17-11/h11,15-16H,7-10H2,1-6H3. The van der Waals surface area contributed by atoms with Crippen LogP contribution >= 0.6 is 0 Å². The van der Waals surface area contributed by atoms with Crippen molar-refractivity contribution in [2.45, 2.75) is 83.6 Å². The summed E-state index contributed by atoms with van der Waals surface area (Å²) in [5.41, 5.74) is -0.670. The van der Waals surface area contributed by atoms with Crippen molar-refractivity contribution in [3.63, 3.8) is 0 Å². The fourth-order valence-electron chi connectivity index (χ4n) is 2.24. The van der Waals surface area contributed by atoms with Gasteiger partial charge in [-0.05, 0) is 54.4 Å². The lowest BCUT2D eigenvalue weighted by Crippen LogP contribution is -2.47. The predicted molar refractivity (Wildman–Crippen MR) is 71.2 cm³/mol. The Morgan fingerprint density at radius 3 is 2.29 bits per heavy atom. The van der Waals surface area contributed by atoms with Crippen molar-refractivity contribution in [1.82, 2.24) is 5.32 Å². The molecule has 0 aromatic rings. The Kier molecular flexibility index (Phi) is 4.28. The van der Waals surface area contributed by atoms with E-state index in [4.69, 9.17) is 4.74 Å². The van der Waals surface area contributed by atoms with Crippen molar-refractivity contribution in [3.05, 3.63) is 0 Å². The number of β-amino-alcohol motifs (C(OH)–C–C–N with tert-alkyl or cyclic N) is 1. The molecule has 3 heteroatoms. The maximum atomic E-state index is 10.4. The van der Waals surface area contributed by atoms with E-state index >= 15 is 0 Å². The Labute approximate surface area is 106 Å². The maximum absolute atomic E-state index is 10.4. The molecule has 2 N–H and O–H groups in total. The van der Waals surface area contributed by atoms with Crippen LogP contribution in [-0.2, 0) is 4.74 Å². The van der Waals surface area contributed by atoms with Crippen LogP contribution in [0.5, 0.6) is 0 Å². The molecule has 0 spiro atoms. The summed E-state index contributed by atoms with van der Waals surface area (Å²) < 4.78 is 5.93. The highest BCUT2D eigenvalue weighted by Gasteiger charge is 2.36. The lowest BCUT2D eigenvalue weighted by atomic mass is 9.95. The quantitative estimate of drug-likeness (QED) is 0.797. The van der Waals surface area contributed by atoms with Gasteiger partial charge < -0.3 is 15.2 Å². The summed E-state index contributed by atoms with van der Waals surface area (Å²) in [5, 5.41) is 13.7. The first-order valence-corrected chi connectivity index (χ1v) is 6.64. The molecular formula is C14H29NO2. The maximum Gasteiger partial charge on any atom is 0.0768 e. The highest BCUT2D eigenvalue weighted by Crippen LogP contribution is 2.33. The van der Waals surface area contributed by atoms with E-state index in [0.29, 0.717) is 13.0 Å². The van der Waals surface area contributed by atoms with Crippen molar-refractivity contribution in [3.8, 4) is 0 Å². The molecule has 102 valence electrons. The number of hydrogen-bond donors (Lipinski definition) is 2. The van der Waals surface area contributed by atoms with Crippen molar-refractivity contribution in [2.75, 3.05) is 6.54 Å². The normalized spacial score (nSPS) is 28.1. The topological polar surface area (TPSA) is 41.5 Å². The van der Waals surface area contributed by atoms with Crippen molar-refractivity contribution in [1.29, 1.82) is 0 Å². The highest BCUT2D eigenvalue weighted by molar-refractivity contribution is 4.88. The molecule has 2 unspecified atom stereocenters. The average molecular weight is 243 g/mol. The average Bonchev–Trinajstić information content (AvgIpc) is 2.40. The minimum absolute atomic E-state index is 0.0157. The zero-order valence-electron chi connectivity index (χ0n) is 12.3. The van der Waals surface area contributed by atoms with Crippen LogP contribution in [0, 0.1) is 0 Å². The third-order valence-corrected chi connectivity index (χ3v) is 3.22. The largest absolute Gasteiger partial charge is 0.389 e. The second-order valence-electron chi connectivity index (χ2n) is 7.34. The predicted octanol–water partition coefficient (Wildman–Crippen LogP) is 2.47. The van der Waals surface area contributed by atoms with E-state index < -0.39 is 5.60 Å². The van der Waals surface area contributed by atoms with Gasteiger partial charge in [0, 0.05) is 18.5 Å². The van der Waals surface area contributed by atoms with E-state index in [1.54, 1.807) is 0 Å². The summed E-state index contributed by atoms with van der Waals surface area (Å²) in [6, 6.07) is 0. The minimum Gasteiger partial charge on any atom is -0.389 e. The molecule has 0 aliphatic carbocycles. The van der Waals surface area contributed by atoms with Gasteiger partial charge in [-0.15, -0.1) is 0 Å². The number of hydrogen-bond acceptors (Lipinski definition) is 3. The number of nitrogens with one attached hydrogen (secondary N) is 1. The van der Waals surface area contributed by atoms with E-state index in [1.807, 2.05) is 6.92 Å². The molecule has 1 fully saturated rings. The molecule has 1 saturated heterocycles. The molecule has 0 bridgehead atoms. The molecule has 3 nitrogen and oxygen atoms in total. The van der Waals surface area contributed by atoms with Crippen LogP contribution in [0.3, 0.4) is 0 Å². The zero-order valence-corrected chi connectivity index (χ0v) is 12.3. The van der Waals surface area contributed by atoms with Gasteiger partial charge in [-0.1, -0.05) is 0 Å². The number of rotatable bonds is 4. The second-order valence-corrected chi connectivity index (χ2v) is 7.34. The Hall–Kier alpha value is -0.120. The molecule has 0 radical (unpaired) electrons. The monoisotopic (exact) mass is 243 g/mol. The summed E-state index contributed by atoms with van der Waals surface area (Å²) in [4.78, 5) is 0. The van der Waals surface area contributed by atoms with Gasteiger partial charge in [-0.3, -0.25) is 0 Å². The van der Waals surface area contributed by atoms with Crippen LogP contribution < -0.4 is 5.32 Å². The Bertz CT molecular complexity index is 253. The molecule has 1 aliphatic rings. The van der Waals surface area contributed by atoms with Crippen LogP contribution in [-0.4, -0.2) is 34.5 Å². The summed E-state index contributed by atoms with van der Waals surface area (Å²) in [7, 11) is 0. The summed E-state index contributed by atoms with van der Waals surface area (Å²) in [6.07, 6.45) is 3.04. The van der Waals surface area contributed by atoms with Crippen molar-refractivity contribution in [2.24, 2.45) is 0 Å². The molecule has 0 amide bonds. The minimum atomic E-state index is -0.696. The van der Waals surface area contributed by atoms with E-state index in [0.717, 1.165) is 12.8 Å². The van der Waals surface area contributed by atoms with E-state index in [9.17, 15) is 5.11 Å². The molecule has 0 saturated carbocycles. The Morgan fingerprint density at radius 2 is 1.88 bits per heavy atom. The van der Waals surface area contributed by atoms with Crippen molar-refractivity contribution >= 4 is 0 Å². The van der Waals surface area contributed by atoms with E-state index in [2.05, 4.69) is 39.9 Å². The number of ether oxygens (including phenoxy) is 1. The first-order valence-electron chi connectivity index (χ1n) is 6.64. The van der Waals surface area contributed by atoms with Gasteiger partial charge in [0.2, 0.25) is 0 Å². The summed E-state index contributed by atoms with van der Waals surface area (Å²) in [5.74, 6) is 0. The third kappa shape index (κ3) is 5.84. The smallest absolute Gasteiger partial charge is 0.0768 e. The zero-order chi connectivity index (χ0) is 13.3. The van der Waals surface area contributed by atoms with Crippen LogP contribution in [0.15, 0.2) is 0 Å². The van der Waals surface area contributed by atoms with Gasteiger partial charge in [0.1, 0.15) is 0 Å². The lowest BCUT2D eigenvalue weighted by Gasteiger charge is -2.31. The Balaban J connectivity index is 2.39. The summed E-state index contributed by atoms with van der Waals surface area (Å²) in [6.45, 7) is 13.1.